The Balaban J connectivity index is 0.000000108. The molecule has 0 aliphatic carbocycles. The van der Waals surface area contributed by atoms with Crippen molar-refractivity contribution in [1.29, 1.82) is 0 Å². The van der Waals surface area contributed by atoms with E-state index in [9.17, 15) is 24.3 Å². The highest BCUT2D eigenvalue weighted by Gasteiger charge is 2.27. The minimum atomic E-state index is -1.02. The molecule has 0 unspecified atom stereocenters. The first-order chi connectivity index (χ1) is 65.8. The maximum atomic E-state index is 13.1. The highest BCUT2D eigenvalue weighted by Crippen LogP contribution is 2.40. The average Bonchev–Trinajstić information content (AvgIpc) is 1.64. The third kappa shape index (κ3) is 15.9. The second kappa shape index (κ2) is 34.6. The van der Waals surface area contributed by atoms with Crippen LogP contribution in [0.15, 0.2) is 268 Å². The Morgan fingerprint density at radius 2 is 0.637 bits per heavy atom. The minimum absolute atomic E-state index is 0.0273. The van der Waals surface area contributed by atoms with Gasteiger partial charge in [-0.2, -0.15) is 20.4 Å². The third-order valence-corrected chi connectivity index (χ3v) is 23.5. The molecular formula is C103H81N27O5. The van der Waals surface area contributed by atoms with Crippen LogP contribution in [0.2, 0.25) is 0 Å². The van der Waals surface area contributed by atoms with Crippen molar-refractivity contribution in [3.8, 4) is 90.6 Å². The summed E-state index contributed by atoms with van der Waals surface area (Å²) in [4.78, 5) is 120. The van der Waals surface area contributed by atoms with Gasteiger partial charge in [0.25, 0.3) is 17.7 Å². The number of fused-ring (bicyclic) bond motifs is 12. The predicted octanol–water partition coefficient (Wildman–Crippen LogP) is 19.7. The van der Waals surface area contributed by atoms with Crippen LogP contribution in [0.4, 0.5) is 0 Å². The van der Waals surface area contributed by atoms with Crippen LogP contribution >= 0.6 is 0 Å². The SMILES string of the molecule is CC(C)(C)NC(=O)c1cccc2[nH]c(-c3[nH]nc4ncc(-c5cncc6ccccc56)cc34)nc12.CC(C)NC(=O)c1cccc2[nH]c(-c3[nH]nc4ncc(-c5cncc6ccccc56)cc34)nc12.CCN(CC)C(=O)c1cccc2[nH]c(-c3[nH]nc4ncc(-c5cncc6ccccc56)cc34)nc12.O=C(O)c1cccc2[nH]c(-c3[nH]nc4ncc(-c5cncc6ccccc56)cc34)nc12. The molecule has 32 heteroatoms. The zero-order chi connectivity index (χ0) is 92.3. The Bertz CT molecular complexity index is 8780. The number of benzene rings is 8. The summed E-state index contributed by atoms with van der Waals surface area (Å²) < 4.78 is 0. The van der Waals surface area contributed by atoms with Crippen molar-refractivity contribution in [3.05, 3.63) is 291 Å². The molecule has 16 aromatic heterocycles. The Morgan fingerprint density at radius 1 is 0.348 bits per heavy atom. The number of H-pyrrole nitrogens is 8. The van der Waals surface area contributed by atoms with Crippen LogP contribution < -0.4 is 10.6 Å². The lowest BCUT2D eigenvalue weighted by molar-refractivity contribution is 0.0697. The standard InChI is InChI=1S/2C27H23N7O.C26H21N7O.C23H14N6O2/c1-27(2,3)32-26(35)18-9-6-10-21-22(18)31-25(30-21)23-19-11-16(13-29-24(19)34-33-23)20-14-28-12-15-7-4-5-8-17(15)20;1-3-34(4-2)27(35)19-10-7-11-22-23(19)31-26(30-22)24-20-12-17(14-29-25(20)33-32-24)21-15-28-13-16-8-5-6-9-18(16)21;1-14(2)29-26(34)18-8-5-9-21-22(18)31-25(30-21)23-19-10-16(12-28-24(19)33-32-23)20-13-27-11-15-6-3-4-7-17(15)20;30-23(31)15-6-3-7-18-19(15)27-22(26-18)20-16-8-13(10-25-21(16)29-28-20)17-11-24-9-12-4-1-2-5-14(12)17/h4-14H,1-3H3,(H,30,31)(H,32,35)(H,29,33,34);5-15H,3-4H2,1-2H3,(H,30,31)(H,29,32,33);3-14H,1-2H3,(H,29,34)(H,30,31)(H,28,32,33);1-11H,(H,26,27)(H,30,31)(H,25,28,29). The molecule has 32 nitrogen and oxygen atoms in total. The van der Waals surface area contributed by atoms with Gasteiger partial charge in [0, 0.05) is 165 Å². The van der Waals surface area contributed by atoms with E-state index in [0.717, 1.165) is 131 Å². The highest BCUT2D eigenvalue weighted by molar-refractivity contribution is 6.11. The second-order valence-electron chi connectivity index (χ2n) is 33.7. The largest absolute Gasteiger partial charge is 0.478 e. The van der Waals surface area contributed by atoms with E-state index in [4.69, 9.17) is 15.0 Å². The number of aromatic carboxylic acids is 1. The number of nitrogens with one attached hydrogen (secondary N) is 10. The first-order valence-electron chi connectivity index (χ1n) is 43.6. The van der Waals surface area contributed by atoms with Crippen molar-refractivity contribution in [2.75, 3.05) is 13.1 Å². The normalized spacial score (nSPS) is 11.6. The van der Waals surface area contributed by atoms with Crippen molar-refractivity contribution in [2.24, 2.45) is 0 Å². The van der Waals surface area contributed by atoms with E-state index >= 15 is 0 Å². The molecule has 135 heavy (non-hydrogen) atoms. The fourth-order valence-electron chi connectivity index (χ4n) is 17.0. The lowest BCUT2D eigenvalue weighted by Crippen LogP contribution is -2.40. The minimum Gasteiger partial charge on any atom is -0.478 e. The van der Waals surface area contributed by atoms with Gasteiger partial charge < -0.3 is 40.6 Å². The molecule has 16 heterocycles. The van der Waals surface area contributed by atoms with Gasteiger partial charge in [0.2, 0.25) is 0 Å². The summed E-state index contributed by atoms with van der Waals surface area (Å²) in [5, 5.41) is 57.0. The van der Waals surface area contributed by atoms with Crippen molar-refractivity contribution in [1.82, 2.24) is 136 Å². The summed E-state index contributed by atoms with van der Waals surface area (Å²) in [6.07, 6.45) is 22.0. The van der Waals surface area contributed by atoms with Crippen molar-refractivity contribution in [3.63, 3.8) is 0 Å². The average molecular weight is 1780 g/mol. The van der Waals surface area contributed by atoms with Crippen LogP contribution in [-0.2, 0) is 0 Å². The number of hydrogen-bond acceptors (Lipinski definition) is 20. The molecule has 11 N–H and O–H groups in total. The van der Waals surface area contributed by atoms with Gasteiger partial charge in [-0.05, 0) is 143 Å². The summed E-state index contributed by atoms with van der Waals surface area (Å²) in [5.41, 5.74) is 19.4. The van der Waals surface area contributed by atoms with Gasteiger partial charge in [-0.15, -0.1) is 0 Å². The zero-order valence-corrected chi connectivity index (χ0v) is 73.6. The molecule has 0 radical (unpaired) electrons. The molecule has 0 spiro atoms. The van der Waals surface area contributed by atoms with Crippen LogP contribution in [-0.4, -0.2) is 179 Å². The fraction of sp³-hybridized carbons (Fsp3) is 0.107. The summed E-state index contributed by atoms with van der Waals surface area (Å²) in [6.45, 7) is 15.0. The van der Waals surface area contributed by atoms with E-state index in [-0.39, 0.29) is 34.9 Å². The zero-order valence-electron chi connectivity index (χ0n) is 73.6. The van der Waals surface area contributed by atoms with E-state index in [2.05, 4.69) is 147 Å². The first-order valence-corrected chi connectivity index (χ1v) is 43.6. The quantitative estimate of drug-likeness (QED) is 0.0454. The van der Waals surface area contributed by atoms with Crippen LogP contribution in [0.1, 0.15) is 89.9 Å². The van der Waals surface area contributed by atoms with Crippen LogP contribution in [0.25, 0.3) is 222 Å². The van der Waals surface area contributed by atoms with Gasteiger partial charge in [-0.3, -0.25) is 54.7 Å². The van der Waals surface area contributed by atoms with Crippen molar-refractivity contribution < 1.29 is 24.3 Å². The third-order valence-electron chi connectivity index (χ3n) is 23.5. The number of aromatic nitrogens is 24. The van der Waals surface area contributed by atoms with E-state index in [0.29, 0.717) is 120 Å². The van der Waals surface area contributed by atoms with Gasteiger partial charge in [0.05, 0.1) is 65.9 Å². The van der Waals surface area contributed by atoms with E-state index in [1.54, 1.807) is 35.4 Å². The van der Waals surface area contributed by atoms with Gasteiger partial charge >= 0.3 is 5.97 Å². The number of carboxylic acid groups (broad SMARTS) is 1. The smallest absolute Gasteiger partial charge is 0.337 e. The number of nitrogens with zero attached hydrogens (tertiary/aromatic N) is 17. The van der Waals surface area contributed by atoms with E-state index in [1.165, 1.54) is 6.07 Å². The Labute approximate surface area is 765 Å². The second-order valence-corrected chi connectivity index (χ2v) is 33.7. The van der Waals surface area contributed by atoms with E-state index in [1.807, 2.05) is 250 Å². The summed E-state index contributed by atoms with van der Waals surface area (Å²) >= 11 is 0. The van der Waals surface area contributed by atoms with Crippen LogP contribution in [0.3, 0.4) is 0 Å². The maximum absolute atomic E-state index is 13.1. The molecular weight excluding hydrogens is 1700 g/mol. The molecule has 0 fully saturated rings. The molecule has 3 amide bonds. The first kappa shape index (κ1) is 83.5. The number of carbonyl (C=O) groups is 4. The Hall–Kier alpha value is -18.4. The number of aromatic amines is 8. The summed E-state index contributed by atoms with van der Waals surface area (Å²) in [5.74, 6) is 0.930. The molecule has 0 aliphatic rings. The van der Waals surface area contributed by atoms with Gasteiger partial charge in [0.15, 0.2) is 45.9 Å². The maximum Gasteiger partial charge on any atom is 0.337 e. The summed E-state index contributed by atoms with van der Waals surface area (Å²) in [6, 6.07) is 62.4. The highest BCUT2D eigenvalue weighted by atomic mass is 16.4. The molecule has 0 bridgehead atoms. The number of carboxylic acids is 1. The number of hydrogen-bond donors (Lipinski definition) is 11. The van der Waals surface area contributed by atoms with Gasteiger partial charge in [-0.25, -0.2) is 44.7 Å². The Kier molecular flexibility index (Phi) is 21.4. The molecule has 0 saturated carbocycles. The number of para-hydroxylation sites is 4. The van der Waals surface area contributed by atoms with Crippen molar-refractivity contribution >= 4 is 155 Å². The molecule has 0 aliphatic heterocycles. The molecule has 0 atom stereocenters. The fourth-order valence-corrected chi connectivity index (χ4v) is 17.0. The van der Waals surface area contributed by atoms with Crippen LogP contribution in [0.5, 0.6) is 0 Å². The topological polar surface area (TPSA) is 448 Å². The van der Waals surface area contributed by atoms with Gasteiger partial charge in [-0.1, -0.05) is 121 Å². The number of amides is 3. The summed E-state index contributed by atoms with van der Waals surface area (Å²) in [7, 11) is 0. The van der Waals surface area contributed by atoms with Crippen LogP contribution in [0, 0.1) is 0 Å². The molecule has 658 valence electrons. The lowest BCUT2D eigenvalue weighted by Gasteiger charge is -2.20. The monoisotopic (exact) mass is 1780 g/mol. The molecule has 24 aromatic rings. The predicted molar refractivity (Wildman–Crippen MR) is 523 cm³/mol. The number of carbonyl (C=O) groups excluding carboxylic acids is 3. The lowest BCUT2D eigenvalue weighted by atomic mass is 10.0. The number of imidazole rings is 4. The number of pyridine rings is 8. The van der Waals surface area contributed by atoms with Crippen molar-refractivity contribution in [2.45, 2.75) is 60.0 Å². The van der Waals surface area contributed by atoms with E-state index < -0.39 is 5.97 Å². The molecule has 8 aromatic carbocycles. The van der Waals surface area contributed by atoms with Gasteiger partial charge in [0.1, 0.15) is 44.8 Å². The Morgan fingerprint density at radius 3 is 0.941 bits per heavy atom. The number of rotatable bonds is 15. The molecule has 0 saturated heterocycles. The molecule has 24 rings (SSSR count).